The molecule has 1 N–H and O–H groups in total. The van der Waals surface area contributed by atoms with E-state index >= 15 is 0 Å². The lowest BCUT2D eigenvalue weighted by Crippen LogP contribution is -2.43. The van der Waals surface area contributed by atoms with Gasteiger partial charge in [-0.05, 0) is 43.2 Å². The average molecular weight is 390 g/mol. The first-order valence-corrected chi connectivity index (χ1v) is 9.49. The zero-order chi connectivity index (χ0) is 18.1. The van der Waals surface area contributed by atoms with Crippen LogP contribution in [0.2, 0.25) is 5.02 Å². The standard InChI is InChI=1S/C18H16ClN3O3S/c19-12-5-6-13-15(9-12)26-18(20-13)21-16(23)11-3-1-7-22(10-11)17(24)14-4-2-8-25-14/h2,4-6,8-9,11H,1,3,7,10H2,(H,20,21,23)/t11-/m0/s1. The zero-order valence-electron chi connectivity index (χ0n) is 13.8. The number of piperidine rings is 1. The van der Waals surface area contributed by atoms with Gasteiger partial charge in [-0.3, -0.25) is 9.59 Å². The largest absolute Gasteiger partial charge is 0.459 e. The molecule has 1 aliphatic rings. The van der Waals surface area contributed by atoms with Crippen LogP contribution >= 0.6 is 22.9 Å². The Morgan fingerprint density at radius 3 is 3.04 bits per heavy atom. The van der Waals surface area contributed by atoms with E-state index in [1.807, 2.05) is 12.1 Å². The number of nitrogens with zero attached hydrogens (tertiary/aromatic N) is 2. The second-order valence-electron chi connectivity index (χ2n) is 6.19. The molecule has 3 aromatic rings. The number of halogens is 1. The minimum absolute atomic E-state index is 0.118. The number of benzene rings is 1. The zero-order valence-corrected chi connectivity index (χ0v) is 15.3. The monoisotopic (exact) mass is 389 g/mol. The molecule has 4 rings (SSSR count). The molecule has 3 heterocycles. The molecule has 6 nitrogen and oxygen atoms in total. The number of nitrogens with one attached hydrogen (secondary N) is 1. The number of rotatable bonds is 3. The van der Waals surface area contributed by atoms with Crippen LogP contribution in [0.5, 0.6) is 0 Å². The van der Waals surface area contributed by atoms with Crippen LogP contribution < -0.4 is 5.32 Å². The molecule has 1 aliphatic heterocycles. The molecule has 134 valence electrons. The van der Waals surface area contributed by atoms with Gasteiger partial charge in [0.25, 0.3) is 5.91 Å². The Morgan fingerprint density at radius 1 is 1.35 bits per heavy atom. The van der Waals surface area contributed by atoms with Crippen molar-refractivity contribution in [3.63, 3.8) is 0 Å². The number of thiazole rings is 1. The number of carbonyl (C=O) groups is 2. The third kappa shape index (κ3) is 3.45. The number of amides is 2. The van der Waals surface area contributed by atoms with Crippen LogP contribution in [0.4, 0.5) is 5.13 Å². The van der Waals surface area contributed by atoms with Gasteiger partial charge in [0.15, 0.2) is 10.9 Å². The third-order valence-electron chi connectivity index (χ3n) is 4.39. The summed E-state index contributed by atoms with van der Waals surface area (Å²) >= 11 is 7.38. The van der Waals surface area contributed by atoms with Gasteiger partial charge < -0.3 is 14.6 Å². The number of hydrogen-bond acceptors (Lipinski definition) is 5. The van der Waals surface area contributed by atoms with E-state index in [2.05, 4.69) is 10.3 Å². The Hall–Kier alpha value is -2.38. The van der Waals surface area contributed by atoms with Crippen LogP contribution in [-0.2, 0) is 4.79 Å². The van der Waals surface area contributed by atoms with Gasteiger partial charge in [-0.2, -0.15) is 0 Å². The minimum Gasteiger partial charge on any atom is -0.459 e. The molecule has 1 atom stereocenters. The fourth-order valence-electron chi connectivity index (χ4n) is 3.09. The number of anilines is 1. The molecule has 8 heteroatoms. The third-order valence-corrected chi connectivity index (χ3v) is 5.56. The molecule has 0 spiro atoms. The summed E-state index contributed by atoms with van der Waals surface area (Å²) in [5.74, 6) is -0.262. The van der Waals surface area contributed by atoms with E-state index in [9.17, 15) is 9.59 Å². The van der Waals surface area contributed by atoms with Gasteiger partial charge in [0.2, 0.25) is 5.91 Å². The summed E-state index contributed by atoms with van der Waals surface area (Å²) in [6.07, 6.45) is 2.99. The average Bonchev–Trinajstić information content (AvgIpc) is 3.30. The predicted octanol–water partition coefficient (Wildman–Crippen LogP) is 4.03. The Morgan fingerprint density at radius 2 is 2.23 bits per heavy atom. The molecular formula is C18H16ClN3O3S. The van der Waals surface area contributed by atoms with Crippen molar-refractivity contribution < 1.29 is 14.0 Å². The van der Waals surface area contributed by atoms with Crippen LogP contribution in [0.3, 0.4) is 0 Å². The molecule has 1 saturated heterocycles. The molecule has 0 unspecified atom stereocenters. The van der Waals surface area contributed by atoms with Crippen LogP contribution in [0, 0.1) is 5.92 Å². The molecule has 0 radical (unpaired) electrons. The van der Waals surface area contributed by atoms with E-state index < -0.39 is 0 Å². The van der Waals surface area contributed by atoms with Crippen LogP contribution in [-0.4, -0.2) is 34.8 Å². The van der Waals surface area contributed by atoms with Crippen molar-refractivity contribution in [3.8, 4) is 0 Å². The summed E-state index contributed by atoms with van der Waals surface area (Å²) < 4.78 is 6.09. The van der Waals surface area contributed by atoms with Crippen molar-refractivity contribution in [2.45, 2.75) is 12.8 Å². The van der Waals surface area contributed by atoms with Crippen LogP contribution in [0.1, 0.15) is 23.4 Å². The highest BCUT2D eigenvalue weighted by molar-refractivity contribution is 7.22. The van der Waals surface area contributed by atoms with Gasteiger partial charge in [-0.1, -0.05) is 22.9 Å². The van der Waals surface area contributed by atoms with Crippen LogP contribution in [0.15, 0.2) is 41.0 Å². The van der Waals surface area contributed by atoms with Crippen LogP contribution in [0.25, 0.3) is 10.2 Å². The summed E-state index contributed by atoms with van der Waals surface area (Å²) in [6.45, 7) is 1.01. The number of likely N-dealkylation sites (tertiary alicyclic amines) is 1. The van der Waals surface area contributed by atoms with E-state index in [1.54, 1.807) is 23.1 Å². The van der Waals surface area contributed by atoms with Gasteiger partial charge in [0, 0.05) is 18.1 Å². The fraction of sp³-hybridized carbons (Fsp3) is 0.278. The number of fused-ring (bicyclic) bond motifs is 1. The molecule has 1 aromatic carbocycles. The molecular weight excluding hydrogens is 374 g/mol. The topological polar surface area (TPSA) is 75.4 Å². The first-order chi connectivity index (χ1) is 12.6. The van der Waals surface area contributed by atoms with Gasteiger partial charge >= 0.3 is 0 Å². The van der Waals surface area contributed by atoms with E-state index in [0.717, 1.165) is 23.1 Å². The highest BCUT2D eigenvalue weighted by Gasteiger charge is 2.30. The quantitative estimate of drug-likeness (QED) is 0.733. The molecule has 2 amide bonds. The summed E-state index contributed by atoms with van der Waals surface area (Å²) in [6, 6.07) is 8.75. The Balaban J connectivity index is 1.44. The van der Waals surface area contributed by atoms with Gasteiger partial charge in [-0.15, -0.1) is 0 Å². The maximum Gasteiger partial charge on any atom is 0.289 e. The van der Waals surface area contributed by atoms with E-state index in [-0.39, 0.29) is 17.7 Å². The maximum absolute atomic E-state index is 12.6. The molecule has 1 fully saturated rings. The summed E-state index contributed by atoms with van der Waals surface area (Å²) in [4.78, 5) is 31.1. The first kappa shape index (κ1) is 17.1. The second kappa shape index (κ2) is 7.09. The summed E-state index contributed by atoms with van der Waals surface area (Å²) in [5, 5.41) is 4.06. The Kier molecular flexibility index (Phi) is 4.65. The molecule has 2 aromatic heterocycles. The molecule has 0 bridgehead atoms. The number of furan rings is 1. The van der Waals surface area contributed by atoms with Gasteiger partial charge in [0.05, 0.1) is 22.4 Å². The fourth-order valence-corrected chi connectivity index (χ4v) is 4.24. The van der Waals surface area contributed by atoms with Crippen molar-refractivity contribution in [2.75, 3.05) is 18.4 Å². The van der Waals surface area contributed by atoms with Gasteiger partial charge in [0.1, 0.15) is 0 Å². The number of aromatic nitrogens is 1. The first-order valence-electron chi connectivity index (χ1n) is 8.30. The maximum atomic E-state index is 12.6. The summed E-state index contributed by atoms with van der Waals surface area (Å²) in [7, 11) is 0. The predicted molar refractivity (Wildman–Crippen MR) is 101 cm³/mol. The smallest absolute Gasteiger partial charge is 0.289 e. The Labute approximate surface area is 158 Å². The minimum atomic E-state index is -0.265. The summed E-state index contributed by atoms with van der Waals surface area (Å²) in [5.41, 5.74) is 0.799. The lowest BCUT2D eigenvalue weighted by atomic mass is 9.97. The number of carbonyl (C=O) groups excluding carboxylic acids is 2. The molecule has 0 saturated carbocycles. The second-order valence-corrected chi connectivity index (χ2v) is 7.66. The van der Waals surface area contributed by atoms with Gasteiger partial charge in [-0.25, -0.2) is 4.98 Å². The molecule has 0 aliphatic carbocycles. The Bertz CT molecular complexity index is 954. The highest BCUT2D eigenvalue weighted by atomic mass is 35.5. The van der Waals surface area contributed by atoms with E-state index in [4.69, 9.17) is 16.0 Å². The lowest BCUT2D eigenvalue weighted by molar-refractivity contribution is -0.121. The number of hydrogen-bond donors (Lipinski definition) is 1. The van der Waals surface area contributed by atoms with Crippen molar-refractivity contribution in [1.82, 2.24) is 9.88 Å². The van der Waals surface area contributed by atoms with E-state index in [0.29, 0.717) is 29.0 Å². The SMILES string of the molecule is O=C(Nc1nc2ccc(Cl)cc2s1)[C@H]1CCCN(C(=O)c2ccco2)C1. The van der Waals surface area contributed by atoms with Crippen molar-refractivity contribution in [1.29, 1.82) is 0 Å². The highest BCUT2D eigenvalue weighted by Crippen LogP contribution is 2.29. The molecule has 26 heavy (non-hydrogen) atoms. The van der Waals surface area contributed by atoms with E-state index in [1.165, 1.54) is 17.6 Å². The lowest BCUT2D eigenvalue weighted by Gasteiger charge is -2.31. The normalized spacial score (nSPS) is 17.4. The van der Waals surface area contributed by atoms with Crippen molar-refractivity contribution >= 4 is 50.1 Å². The van der Waals surface area contributed by atoms with Crippen molar-refractivity contribution in [3.05, 3.63) is 47.4 Å². The van der Waals surface area contributed by atoms with Crippen molar-refractivity contribution in [2.24, 2.45) is 5.92 Å².